The first-order chi connectivity index (χ1) is 3.91. The van der Waals surface area contributed by atoms with Crippen LogP contribution < -0.4 is 5.43 Å². The summed E-state index contributed by atoms with van der Waals surface area (Å²) in [6.45, 7) is 4.88. The van der Waals surface area contributed by atoms with Crippen LogP contribution in [-0.2, 0) is 4.74 Å². The molecule has 0 saturated heterocycles. The lowest BCUT2D eigenvalue weighted by atomic mass is 10.5. The molecule has 0 aromatic rings. The van der Waals surface area contributed by atoms with Gasteiger partial charge in [-0.05, 0) is 6.42 Å². The Morgan fingerprint density at radius 2 is 2.50 bits per heavy atom. The number of ether oxygens (including phenoxy) is 1. The third kappa shape index (κ3) is 5.43. The van der Waals surface area contributed by atoms with Crippen molar-refractivity contribution >= 4 is 6.72 Å². The predicted molar refractivity (Wildman–Crippen MR) is 34.0 cm³/mol. The lowest BCUT2D eigenvalue weighted by molar-refractivity contribution is 0.194. The molecule has 0 radical (unpaired) electrons. The third-order valence-electron chi connectivity index (χ3n) is 0.749. The zero-order chi connectivity index (χ0) is 6.24. The largest absolute Gasteiger partial charge is 0.385 e. The molecule has 8 heavy (non-hydrogen) atoms. The molecule has 0 aliphatic rings. The van der Waals surface area contributed by atoms with Crippen LogP contribution in [-0.4, -0.2) is 27.0 Å². The Hall–Kier alpha value is -0.570. The van der Waals surface area contributed by atoms with Crippen molar-refractivity contribution in [1.82, 2.24) is 5.43 Å². The summed E-state index contributed by atoms with van der Waals surface area (Å²) in [5.41, 5.74) is 2.72. The highest BCUT2D eigenvalue weighted by Crippen LogP contribution is 1.74. The summed E-state index contributed by atoms with van der Waals surface area (Å²) in [5, 5.41) is 3.45. The molecule has 0 aliphatic heterocycles. The minimum Gasteiger partial charge on any atom is -0.385 e. The number of hydrazone groups is 1. The maximum Gasteiger partial charge on any atom is 0.0479 e. The Morgan fingerprint density at radius 1 is 1.75 bits per heavy atom. The molecule has 0 aromatic heterocycles. The molecule has 0 spiro atoms. The van der Waals surface area contributed by atoms with Crippen molar-refractivity contribution in [2.45, 2.75) is 6.42 Å². The van der Waals surface area contributed by atoms with E-state index < -0.39 is 0 Å². The van der Waals surface area contributed by atoms with Crippen LogP contribution in [0, 0.1) is 0 Å². The lowest BCUT2D eigenvalue weighted by Crippen LogP contribution is -2.08. The first kappa shape index (κ1) is 7.43. The summed E-state index contributed by atoms with van der Waals surface area (Å²) < 4.78 is 4.79. The van der Waals surface area contributed by atoms with Crippen molar-refractivity contribution in [1.29, 1.82) is 0 Å². The van der Waals surface area contributed by atoms with Crippen molar-refractivity contribution in [3.63, 3.8) is 0 Å². The van der Waals surface area contributed by atoms with E-state index >= 15 is 0 Å². The number of hydrogen-bond donors (Lipinski definition) is 1. The van der Waals surface area contributed by atoms with Crippen LogP contribution in [0.5, 0.6) is 0 Å². The van der Waals surface area contributed by atoms with E-state index in [0.717, 1.165) is 19.6 Å². The molecule has 3 heteroatoms. The van der Waals surface area contributed by atoms with Gasteiger partial charge in [0.25, 0.3) is 0 Å². The molecule has 0 heterocycles. The zero-order valence-corrected chi connectivity index (χ0v) is 5.18. The number of nitrogens with zero attached hydrogens (tertiary/aromatic N) is 1. The monoisotopic (exact) mass is 116 g/mol. The fourth-order valence-electron chi connectivity index (χ4n) is 0.375. The highest BCUT2D eigenvalue weighted by atomic mass is 16.5. The molecule has 1 N–H and O–H groups in total. The van der Waals surface area contributed by atoms with Crippen LogP contribution in [0.1, 0.15) is 6.42 Å². The minimum absolute atomic E-state index is 0.780. The molecule has 3 nitrogen and oxygen atoms in total. The first-order valence-corrected chi connectivity index (χ1v) is 2.59. The third-order valence-corrected chi connectivity index (χ3v) is 0.749. The fraction of sp³-hybridized carbons (Fsp3) is 0.800. The van der Waals surface area contributed by atoms with Crippen molar-refractivity contribution < 1.29 is 4.74 Å². The van der Waals surface area contributed by atoms with E-state index in [-0.39, 0.29) is 0 Å². The second-order valence-electron chi connectivity index (χ2n) is 1.41. The standard InChI is InChI=1S/C5H12N2O/c1-6-7-4-3-5-8-2/h7H,1,3-5H2,2H3. The van der Waals surface area contributed by atoms with Gasteiger partial charge in [0.1, 0.15) is 0 Å². The smallest absolute Gasteiger partial charge is 0.0479 e. The molecule has 0 amide bonds. The van der Waals surface area contributed by atoms with Gasteiger partial charge in [-0.15, -0.1) is 0 Å². The highest BCUT2D eigenvalue weighted by molar-refractivity contribution is 5.22. The summed E-state index contributed by atoms with van der Waals surface area (Å²) in [6, 6.07) is 0. The number of methoxy groups -OCH3 is 1. The SMILES string of the molecule is C=NNCCCOC. The van der Waals surface area contributed by atoms with Crippen molar-refractivity contribution in [3.8, 4) is 0 Å². The minimum atomic E-state index is 0.780. The van der Waals surface area contributed by atoms with Gasteiger partial charge in [-0.3, -0.25) is 0 Å². The van der Waals surface area contributed by atoms with Crippen LogP contribution in [0.25, 0.3) is 0 Å². The van der Waals surface area contributed by atoms with Gasteiger partial charge in [0, 0.05) is 27.0 Å². The van der Waals surface area contributed by atoms with E-state index in [4.69, 9.17) is 4.74 Å². The zero-order valence-electron chi connectivity index (χ0n) is 5.18. The number of hydrogen-bond acceptors (Lipinski definition) is 3. The molecule has 0 aliphatic carbocycles. The summed E-state index contributed by atoms with van der Waals surface area (Å²) in [4.78, 5) is 0. The van der Waals surface area contributed by atoms with Crippen molar-refractivity contribution in [2.75, 3.05) is 20.3 Å². The van der Waals surface area contributed by atoms with E-state index in [9.17, 15) is 0 Å². The Kier molecular flexibility index (Phi) is 5.97. The fourth-order valence-corrected chi connectivity index (χ4v) is 0.375. The van der Waals surface area contributed by atoms with Gasteiger partial charge in [-0.2, -0.15) is 5.10 Å². The van der Waals surface area contributed by atoms with Gasteiger partial charge in [0.2, 0.25) is 0 Å². The maximum absolute atomic E-state index is 4.79. The summed E-state index contributed by atoms with van der Waals surface area (Å²) >= 11 is 0. The van der Waals surface area contributed by atoms with Gasteiger partial charge in [0.05, 0.1) is 0 Å². The maximum atomic E-state index is 4.79. The molecule has 0 bridgehead atoms. The van der Waals surface area contributed by atoms with Gasteiger partial charge in [-0.1, -0.05) is 0 Å². The highest BCUT2D eigenvalue weighted by Gasteiger charge is 1.80. The average molecular weight is 116 g/mol. The van der Waals surface area contributed by atoms with E-state index in [1.165, 1.54) is 0 Å². The molecule has 0 fully saturated rings. The normalized spacial score (nSPS) is 8.62. The van der Waals surface area contributed by atoms with Gasteiger partial charge < -0.3 is 10.2 Å². The molecule has 0 aromatic carbocycles. The second-order valence-corrected chi connectivity index (χ2v) is 1.41. The van der Waals surface area contributed by atoms with Gasteiger partial charge in [0.15, 0.2) is 0 Å². The average Bonchev–Trinajstić information content (AvgIpc) is 1.81. The Bertz CT molecular complexity index is 56.4. The summed E-state index contributed by atoms with van der Waals surface area (Å²) in [6.07, 6.45) is 0.982. The second kappa shape index (κ2) is 6.43. The van der Waals surface area contributed by atoms with Crippen LogP contribution in [0.15, 0.2) is 5.10 Å². The van der Waals surface area contributed by atoms with Crippen LogP contribution in [0.2, 0.25) is 0 Å². The number of rotatable bonds is 5. The summed E-state index contributed by atoms with van der Waals surface area (Å²) in [5.74, 6) is 0. The quantitative estimate of drug-likeness (QED) is 0.317. The van der Waals surface area contributed by atoms with E-state index in [1.54, 1.807) is 7.11 Å². The van der Waals surface area contributed by atoms with E-state index in [2.05, 4.69) is 17.2 Å². The van der Waals surface area contributed by atoms with Gasteiger partial charge >= 0.3 is 0 Å². The lowest BCUT2D eigenvalue weighted by Gasteiger charge is -1.96. The van der Waals surface area contributed by atoms with Crippen molar-refractivity contribution in [3.05, 3.63) is 0 Å². The van der Waals surface area contributed by atoms with E-state index in [0.29, 0.717) is 0 Å². The Balaban J connectivity index is 2.62. The van der Waals surface area contributed by atoms with Crippen LogP contribution in [0.4, 0.5) is 0 Å². The topological polar surface area (TPSA) is 33.6 Å². The molecular weight excluding hydrogens is 104 g/mol. The van der Waals surface area contributed by atoms with Crippen LogP contribution in [0.3, 0.4) is 0 Å². The predicted octanol–water partition coefficient (Wildman–Crippen LogP) is 0.228. The molecule has 48 valence electrons. The Morgan fingerprint density at radius 3 is 3.00 bits per heavy atom. The van der Waals surface area contributed by atoms with Crippen molar-refractivity contribution in [2.24, 2.45) is 5.10 Å². The Labute approximate surface area is 49.7 Å². The molecular formula is C5H12N2O. The molecule has 0 rings (SSSR count). The molecule has 0 unspecified atom stereocenters. The molecule has 0 saturated carbocycles. The van der Waals surface area contributed by atoms with Crippen LogP contribution >= 0.6 is 0 Å². The van der Waals surface area contributed by atoms with E-state index in [1.807, 2.05) is 0 Å². The first-order valence-electron chi connectivity index (χ1n) is 2.59. The summed E-state index contributed by atoms with van der Waals surface area (Å²) in [7, 11) is 1.68. The molecule has 0 atom stereocenters. The van der Waals surface area contributed by atoms with Gasteiger partial charge in [-0.25, -0.2) is 0 Å². The number of nitrogens with one attached hydrogen (secondary N) is 1.